The summed E-state index contributed by atoms with van der Waals surface area (Å²) in [4.78, 5) is 0. The molecule has 1 aromatic carbocycles. The van der Waals surface area contributed by atoms with Crippen molar-refractivity contribution >= 4 is 21.5 Å². The summed E-state index contributed by atoms with van der Waals surface area (Å²) < 4.78 is 29.5. The second-order valence-electron chi connectivity index (χ2n) is 3.70. The van der Waals surface area contributed by atoms with Gasteiger partial charge in [-0.15, -0.1) is 0 Å². The van der Waals surface area contributed by atoms with Crippen LogP contribution in [0, 0.1) is 0 Å². The van der Waals surface area contributed by atoms with Crippen LogP contribution in [-0.4, -0.2) is 18.7 Å². The molecular formula is C10H16N2O3S. The van der Waals surface area contributed by atoms with Gasteiger partial charge in [0.1, 0.15) is 0 Å². The molecule has 0 spiro atoms. The maximum absolute atomic E-state index is 10.5. The van der Waals surface area contributed by atoms with Crippen molar-refractivity contribution in [2.45, 2.75) is 19.3 Å². The van der Waals surface area contributed by atoms with Crippen molar-refractivity contribution in [3.8, 4) is 0 Å². The van der Waals surface area contributed by atoms with E-state index >= 15 is 0 Å². The standard InChI is InChI=1S/C10H16N2O3S/c11-9-5-4-8(10(12)7-9)3-1-2-6-16(13,14)15/h4-5,7H,1-3,6,11-12H2,(H,13,14,15). The number of rotatable bonds is 5. The zero-order valence-corrected chi connectivity index (χ0v) is 9.70. The van der Waals surface area contributed by atoms with Gasteiger partial charge in [0, 0.05) is 11.4 Å². The molecule has 0 unspecified atom stereocenters. The van der Waals surface area contributed by atoms with Crippen LogP contribution in [0.4, 0.5) is 11.4 Å². The summed E-state index contributed by atoms with van der Waals surface area (Å²) in [5, 5.41) is 0. The van der Waals surface area contributed by atoms with E-state index in [-0.39, 0.29) is 5.75 Å². The number of anilines is 2. The summed E-state index contributed by atoms with van der Waals surface area (Å²) in [6.07, 6.45) is 1.76. The van der Waals surface area contributed by atoms with Crippen molar-refractivity contribution in [3.05, 3.63) is 23.8 Å². The molecule has 0 saturated carbocycles. The summed E-state index contributed by atoms with van der Waals surface area (Å²) in [6, 6.07) is 5.27. The molecule has 0 heterocycles. The molecule has 0 amide bonds. The first-order valence-electron chi connectivity index (χ1n) is 4.97. The number of nitrogens with two attached hydrogens (primary N) is 2. The molecule has 0 aliphatic rings. The molecule has 0 fully saturated rings. The molecule has 0 bridgehead atoms. The minimum Gasteiger partial charge on any atom is -0.399 e. The minimum absolute atomic E-state index is 0.206. The quantitative estimate of drug-likeness (QED) is 0.408. The van der Waals surface area contributed by atoms with E-state index in [9.17, 15) is 8.42 Å². The number of hydrogen-bond acceptors (Lipinski definition) is 4. The third kappa shape index (κ3) is 4.50. The third-order valence-corrected chi connectivity index (χ3v) is 3.07. The van der Waals surface area contributed by atoms with Gasteiger partial charge in [0.2, 0.25) is 0 Å². The Morgan fingerprint density at radius 2 is 1.88 bits per heavy atom. The Balaban J connectivity index is 2.43. The largest absolute Gasteiger partial charge is 0.399 e. The normalized spacial score (nSPS) is 11.6. The zero-order chi connectivity index (χ0) is 12.2. The predicted octanol–water partition coefficient (Wildman–Crippen LogP) is 1.06. The highest BCUT2D eigenvalue weighted by Crippen LogP contribution is 2.17. The highest BCUT2D eigenvalue weighted by molar-refractivity contribution is 7.85. The van der Waals surface area contributed by atoms with Gasteiger partial charge in [-0.3, -0.25) is 4.55 Å². The highest BCUT2D eigenvalue weighted by atomic mass is 32.2. The molecule has 5 N–H and O–H groups in total. The van der Waals surface area contributed by atoms with Crippen molar-refractivity contribution < 1.29 is 13.0 Å². The van der Waals surface area contributed by atoms with Gasteiger partial charge in [0.25, 0.3) is 10.1 Å². The second-order valence-corrected chi connectivity index (χ2v) is 5.27. The third-order valence-electron chi connectivity index (χ3n) is 2.27. The van der Waals surface area contributed by atoms with Crippen LogP contribution >= 0.6 is 0 Å². The van der Waals surface area contributed by atoms with E-state index in [4.69, 9.17) is 16.0 Å². The van der Waals surface area contributed by atoms with E-state index in [1.807, 2.05) is 6.07 Å². The lowest BCUT2D eigenvalue weighted by Gasteiger charge is -2.05. The maximum Gasteiger partial charge on any atom is 0.264 e. The van der Waals surface area contributed by atoms with E-state index in [0.29, 0.717) is 30.6 Å². The molecule has 0 aliphatic carbocycles. The van der Waals surface area contributed by atoms with Gasteiger partial charge < -0.3 is 11.5 Å². The lowest BCUT2D eigenvalue weighted by Crippen LogP contribution is -2.04. The van der Waals surface area contributed by atoms with E-state index in [0.717, 1.165) is 5.56 Å². The zero-order valence-electron chi connectivity index (χ0n) is 8.89. The molecule has 5 nitrogen and oxygen atoms in total. The molecular weight excluding hydrogens is 228 g/mol. The Bertz CT molecular complexity index is 457. The Kier molecular flexibility index (Phi) is 4.14. The first-order chi connectivity index (χ1) is 7.38. The monoisotopic (exact) mass is 244 g/mol. The van der Waals surface area contributed by atoms with Crippen LogP contribution in [0.15, 0.2) is 18.2 Å². The van der Waals surface area contributed by atoms with Crippen molar-refractivity contribution in [2.75, 3.05) is 17.2 Å². The fraction of sp³-hybridized carbons (Fsp3) is 0.400. The average Bonchev–Trinajstić information content (AvgIpc) is 2.13. The molecule has 0 saturated heterocycles. The average molecular weight is 244 g/mol. The van der Waals surface area contributed by atoms with Gasteiger partial charge in [-0.1, -0.05) is 6.07 Å². The van der Waals surface area contributed by atoms with Gasteiger partial charge in [-0.25, -0.2) is 0 Å². The molecule has 0 aliphatic heterocycles. The lowest BCUT2D eigenvalue weighted by atomic mass is 10.1. The van der Waals surface area contributed by atoms with E-state index in [1.54, 1.807) is 12.1 Å². The van der Waals surface area contributed by atoms with Gasteiger partial charge >= 0.3 is 0 Å². The van der Waals surface area contributed by atoms with Crippen LogP contribution in [0.25, 0.3) is 0 Å². The van der Waals surface area contributed by atoms with Crippen LogP contribution in [-0.2, 0) is 16.5 Å². The van der Waals surface area contributed by atoms with Gasteiger partial charge in [-0.05, 0) is 37.0 Å². The van der Waals surface area contributed by atoms with Crippen LogP contribution in [0.5, 0.6) is 0 Å². The van der Waals surface area contributed by atoms with Gasteiger partial charge in [0.05, 0.1) is 5.75 Å². The number of nitrogen functional groups attached to an aromatic ring is 2. The molecule has 90 valence electrons. The Morgan fingerprint density at radius 3 is 2.44 bits per heavy atom. The van der Waals surface area contributed by atoms with Gasteiger partial charge in [-0.2, -0.15) is 8.42 Å². The van der Waals surface area contributed by atoms with E-state index in [1.165, 1.54) is 0 Å². The molecule has 16 heavy (non-hydrogen) atoms. The van der Waals surface area contributed by atoms with Gasteiger partial charge in [0.15, 0.2) is 0 Å². The molecule has 0 radical (unpaired) electrons. The predicted molar refractivity (Wildman–Crippen MR) is 64.6 cm³/mol. The Morgan fingerprint density at radius 1 is 1.19 bits per heavy atom. The summed E-state index contributed by atoms with van der Waals surface area (Å²) >= 11 is 0. The first-order valence-corrected chi connectivity index (χ1v) is 6.58. The van der Waals surface area contributed by atoms with Crippen molar-refractivity contribution in [3.63, 3.8) is 0 Å². The minimum atomic E-state index is -3.85. The Hall–Kier alpha value is -1.27. The molecule has 0 aromatic heterocycles. The molecule has 1 aromatic rings. The van der Waals surface area contributed by atoms with Crippen molar-refractivity contribution in [1.29, 1.82) is 0 Å². The summed E-state index contributed by atoms with van der Waals surface area (Å²) in [7, 11) is -3.85. The van der Waals surface area contributed by atoms with E-state index < -0.39 is 10.1 Å². The van der Waals surface area contributed by atoms with Crippen LogP contribution in [0.1, 0.15) is 18.4 Å². The van der Waals surface area contributed by atoms with Crippen molar-refractivity contribution in [2.24, 2.45) is 0 Å². The first kappa shape index (κ1) is 12.8. The topological polar surface area (TPSA) is 106 Å². The molecule has 0 atom stereocenters. The summed E-state index contributed by atoms with van der Waals surface area (Å²) in [5.74, 6) is -0.206. The number of hydrogen-bond donors (Lipinski definition) is 3. The highest BCUT2D eigenvalue weighted by Gasteiger charge is 2.04. The summed E-state index contributed by atoms with van der Waals surface area (Å²) in [5.41, 5.74) is 13.5. The number of aryl methyl sites for hydroxylation is 1. The van der Waals surface area contributed by atoms with Crippen LogP contribution < -0.4 is 11.5 Å². The maximum atomic E-state index is 10.5. The van der Waals surface area contributed by atoms with E-state index in [2.05, 4.69) is 0 Å². The number of unbranched alkanes of at least 4 members (excludes halogenated alkanes) is 1. The van der Waals surface area contributed by atoms with Crippen LogP contribution in [0.3, 0.4) is 0 Å². The second kappa shape index (κ2) is 5.18. The number of benzene rings is 1. The van der Waals surface area contributed by atoms with Crippen LogP contribution in [0.2, 0.25) is 0 Å². The summed E-state index contributed by atoms with van der Waals surface area (Å²) in [6.45, 7) is 0. The fourth-order valence-electron chi connectivity index (χ4n) is 1.44. The van der Waals surface area contributed by atoms with Crippen molar-refractivity contribution in [1.82, 2.24) is 0 Å². The fourth-order valence-corrected chi connectivity index (χ4v) is 2.01. The SMILES string of the molecule is Nc1ccc(CCCCS(=O)(=O)O)c(N)c1. The smallest absolute Gasteiger partial charge is 0.264 e. The molecule has 6 heteroatoms. The molecule has 1 rings (SSSR count). The Labute approximate surface area is 95.2 Å². The lowest BCUT2D eigenvalue weighted by molar-refractivity contribution is 0.480.